The van der Waals surface area contributed by atoms with Gasteiger partial charge in [-0.05, 0) is 47.2 Å². The van der Waals surface area contributed by atoms with Gasteiger partial charge in [0.2, 0.25) is 5.91 Å². The van der Waals surface area contributed by atoms with Crippen LogP contribution >= 0.6 is 0 Å². The van der Waals surface area contributed by atoms with E-state index in [1.165, 1.54) is 17.3 Å². The second kappa shape index (κ2) is 11.3. The average Bonchev–Trinajstić information content (AvgIpc) is 3.17. The van der Waals surface area contributed by atoms with Gasteiger partial charge in [0.15, 0.2) is 0 Å². The number of benzene rings is 2. The molecule has 8 heteroatoms. The van der Waals surface area contributed by atoms with Crippen LogP contribution in [0.5, 0.6) is 0 Å². The van der Waals surface area contributed by atoms with Crippen LogP contribution < -0.4 is 10.6 Å². The number of unbranched alkanes of at least 4 members (excludes halogenated alkanes) is 1. The molecule has 180 valence electrons. The first-order valence-electron chi connectivity index (χ1n) is 11.6. The Hall–Kier alpha value is -4.20. The van der Waals surface area contributed by atoms with E-state index in [-0.39, 0.29) is 31.3 Å². The van der Waals surface area contributed by atoms with Crippen LogP contribution in [0.15, 0.2) is 66.9 Å². The summed E-state index contributed by atoms with van der Waals surface area (Å²) in [4.78, 5) is 39.1. The van der Waals surface area contributed by atoms with E-state index in [4.69, 9.17) is 9.84 Å². The molecular weight excluding hydrogens is 446 g/mol. The zero-order valence-electron chi connectivity index (χ0n) is 19.2. The van der Waals surface area contributed by atoms with Gasteiger partial charge in [-0.25, -0.2) is 4.79 Å². The zero-order chi connectivity index (χ0) is 24.6. The SMILES string of the molecule is O=C(O)CCCCNC(=O)Cc1ccc(NC(=O)OCC2c3ccccc3-c3ccccc32)cn1. The third-order valence-corrected chi connectivity index (χ3v) is 5.90. The minimum absolute atomic E-state index is 0.0173. The van der Waals surface area contributed by atoms with Crippen LogP contribution in [0.2, 0.25) is 0 Å². The summed E-state index contributed by atoms with van der Waals surface area (Å²) in [6.07, 6.45) is 2.23. The van der Waals surface area contributed by atoms with Gasteiger partial charge in [-0.1, -0.05) is 48.5 Å². The van der Waals surface area contributed by atoms with Gasteiger partial charge in [-0.3, -0.25) is 19.9 Å². The number of carboxylic acid groups (broad SMARTS) is 1. The van der Waals surface area contributed by atoms with E-state index in [2.05, 4.69) is 39.9 Å². The maximum Gasteiger partial charge on any atom is 0.411 e. The van der Waals surface area contributed by atoms with Crippen molar-refractivity contribution in [2.75, 3.05) is 18.5 Å². The number of nitrogens with zero attached hydrogens (tertiary/aromatic N) is 1. The highest BCUT2D eigenvalue weighted by Crippen LogP contribution is 2.44. The number of aromatic nitrogens is 1. The zero-order valence-corrected chi connectivity index (χ0v) is 19.2. The van der Waals surface area contributed by atoms with Gasteiger partial charge in [-0.2, -0.15) is 0 Å². The van der Waals surface area contributed by atoms with E-state index in [0.717, 1.165) is 11.1 Å². The summed E-state index contributed by atoms with van der Waals surface area (Å²) in [6, 6.07) is 19.6. The fraction of sp³-hybridized carbons (Fsp3) is 0.259. The monoisotopic (exact) mass is 473 g/mol. The largest absolute Gasteiger partial charge is 0.481 e. The summed E-state index contributed by atoms with van der Waals surface area (Å²) in [5.41, 5.74) is 5.66. The van der Waals surface area contributed by atoms with Gasteiger partial charge in [0.05, 0.1) is 18.3 Å². The molecular formula is C27H27N3O5. The van der Waals surface area contributed by atoms with Crippen molar-refractivity contribution in [3.05, 3.63) is 83.7 Å². The molecule has 0 saturated heterocycles. The summed E-state index contributed by atoms with van der Waals surface area (Å²) in [6.45, 7) is 0.644. The number of pyridine rings is 1. The normalized spacial score (nSPS) is 11.9. The molecule has 1 aliphatic rings. The van der Waals surface area contributed by atoms with E-state index in [1.54, 1.807) is 12.1 Å². The maximum absolute atomic E-state index is 12.4. The molecule has 2 aromatic carbocycles. The smallest absolute Gasteiger partial charge is 0.411 e. The van der Waals surface area contributed by atoms with Crippen LogP contribution in [-0.4, -0.2) is 41.2 Å². The molecule has 3 aromatic rings. The highest BCUT2D eigenvalue weighted by Gasteiger charge is 2.29. The first-order chi connectivity index (χ1) is 17.0. The van der Waals surface area contributed by atoms with Crippen molar-refractivity contribution in [2.45, 2.75) is 31.6 Å². The van der Waals surface area contributed by atoms with Crippen LogP contribution in [0.3, 0.4) is 0 Å². The minimum atomic E-state index is -0.840. The highest BCUT2D eigenvalue weighted by molar-refractivity contribution is 5.85. The molecule has 0 bridgehead atoms. The number of carboxylic acids is 1. The first-order valence-corrected chi connectivity index (χ1v) is 11.6. The summed E-state index contributed by atoms with van der Waals surface area (Å²) in [7, 11) is 0. The van der Waals surface area contributed by atoms with Crippen molar-refractivity contribution in [3.63, 3.8) is 0 Å². The number of hydrogen-bond donors (Lipinski definition) is 3. The quantitative estimate of drug-likeness (QED) is 0.377. The van der Waals surface area contributed by atoms with Gasteiger partial charge in [0, 0.05) is 24.6 Å². The number of carbonyl (C=O) groups excluding carboxylic acids is 2. The predicted molar refractivity (Wildman–Crippen MR) is 131 cm³/mol. The molecule has 1 heterocycles. The van der Waals surface area contributed by atoms with Gasteiger partial charge in [0.25, 0.3) is 0 Å². The lowest BCUT2D eigenvalue weighted by Gasteiger charge is -2.14. The summed E-state index contributed by atoms with van der Waals surface area (Å²) >= 11 is 0. The van der Waals surface area contributed by atoms with Crippen molar-refractivity contribution in [1.29, 1.82) is 0 Å². The molecule has 1 aliphatic carbocycles. The molecule has 0 unspecified atom stereocenters. The molecule has 3 N–H and O–H groups in total. The number of rotatable bonds is 10. The lowest BCUT2D eigenvalue weighted by atomic mass is 9.98. The van der Waals surface area contributed by atoms with E-state index in [1.807, 2.05) is 24.3 Å². The number of aliphatic carboxylic acids is 1. The van der Waals surface area contributed by atoms with Crippen molar-refractivity contribution >= 4 is 23.7 Å². The van der Waals surface area contributed by atoms with Crippen molar-refractivity contribution in [1.82, 2.24) is 10.3 Å². The first kappa shape index (κ1) is 23.9. The third-order valence-electron chi connectivity index (χ3n) is 5.90. The summed E-state index contributed by atoms with van der Waals surface area (Å²) in [5, 5.41) is 14.0. The minimum Gasteiger partial charge on any atom is -0.481 e. The molecule has 0 spiro atoms. The highest BCUT2D eigenvalue weighted by atomic mass is 16.5. The number of carbonyl (C=O) groups is 3. The van der Waals surface area contributed by atoms with Gasteiger partial charge in [0.1, 0.15) is 6.61 Å². The lowest BCUT2D eigenvalue weighted by molar-refractivity contribution is -0.137. The number of nitrogens with one attached hydrogen (secondary N) is 2. The molecule has 35 heavy (non-hydrogen) atoms. The third kappa shape index (κ3) is 6.23. The van der Waals surface area contributed by atoms with Crippen LogP contribution in [-0.2, 0) is 20.7 Å². The van der Waals surface area contributed by atoms with Crippen LogP contribution in [0.4, 0.5) is 10.5 Å². The van der Waals surface area contributed by atoms with E-state index in [0.29, 0.717) is 30.8 Å². The van der Waals surface area contributed by atoms with E-state index >= 15 is 0 Å². The van der Waals surface area contributed by atoms with Crippen molar-refractivity contribution in [2.24, 2.45) is 0 Å². The fourth-order valence-corrected chi connectivity index (χ4v) is 4.21. The topological polar surface area (TPSA) is 118 Å². The maximum atomic E-state index is 12.4. The Balaban J connectivity index is 1.24. The Labute approximate surface area is 203 Å². The standard InChI is InChI=1S/C27H27N3O5/c31-25(28-14-6-5-11-26(32)33)15-18-12-13-19(16-29-18)30-27(34)35-17-24-22-9-3-1-7-20(22)21-8-2-4-10-23(21)24/h1-4,7-10,12-13,16,24H,5-6,11,14-15,17H2,(H,28,31)(H,30,34)(H,32,33). The molecule has 0 atom stereocenters. The van der Waals surface area contributed by atoms with Crippen LogP contribution in [0.1, 0.15) is 42.0 Å². The summed E-state index contributed by atoms with van der Waals surface area (Å²) < 4.78 is 5.54. The molecule has 1 aromatic heterocycles. The molecule has 8 nitrogen and oxygen atoms in total. The van der Waals surface area contributed by atoms with E-state index in [9.17, 15) is 14.4 Å². The fourth-order valence-electron chi connectivity index (χ4n) is 4.21. The van der Waals surface area contributed by atoms with Gasteiger partial charge < -0.3 is 15.2 Å². The molecule has 0 aliphatic heterocycles. The lowest BCUT2D eigenvalue weighted by Crippen LogP contribution is -2.26. The predicted octanol–water partition coefficient (Wildman–Crippen LogP) is 4.36. The molecule has 0 saturated carbocycles. The number of anilines is 1. The number of fused-ring (bicyclic) bond motifs is 3. The Kier molecular flexibility index (Phi) is 7.72. The Morgan fingerprint density at radius 1 is 0.914 bits per heavy atom. The van der Waals surface area contributed by atoms with Gasteiger partial charge >= 0.3 is 12.1 Å². The van der Waals surface area contributed by atoms with E-state index < -0.39 is 12.1 Å². The Morgan fingerprint density at radius 3 is 2.23 bits per heavy atom. The van der Waals surface area contributed by atoms with Crippen LogP contribution in [0.25, 0.3) is 11.1 Å². The second-order valence-corrected chi connectivity index (χ2v) is 8.37. The number of hydrogen-bond acceptors (Lipinski definition) is 5. The number of amides is 2. The molecule has 2 amide bonds. The Bertz CT molecular complexity index is 1160. The van der Waals surface area contributed by atoms with Crippen molar-refractivity contribution in [3.8, 4) is 11.1 Å². The Morgan fingerprint density at radius 2 is 1.60 bits per heavy atom. The average molecular weight is 474 g/mol. The molecule has 0 fully saturated rings. The second-order valence-electron chi connectivity index (χ2n) is 8.37. The van der Waals surface area contributed by atoms with Crippen LogP contribution in [0, 0.1) is 0 Å². The molecule has 0 radical (unpaired) electrons. The van der Waals surface area contributed by atoms with Crippen molar-refractivity contribution < 1.29 is 24.2 Å². The number of ether oxygens (including phenoxy) is 1. The van der Waals surface area contributed by atoms with Gasteiger partial charge in [-0.15, -0.1) is 0 Å². The summed E-state index contributed by atoms with van der Waals surface area (Å²) in [5.74, 6) is -1.05. The molecule has 4 rings (SSSR count).